The predicted molar refractivity (Wildman–Crippen MR) is 80.8 cm³/mol. The Morgan fingerprint density at radius 2 is 1.76 bits per heavy atom. The highest BCUT2D eigenvalue weighted by Gasteiger charge is 2.57. The van der Waals surface area contributed by atoms with Crippen molar-refractivity contribution in [1.82, 2.24) is 0 Å². The lowest BCUT2D eigenvalue weighted by Crippen LogP contribution is -2.55. The Morgan fingerprint density at radius 3 is 2.43 bits per heavy atom. The average molecular weight is 288 g/mol. The highest BCUT2D eigenvalue weighted by atomic mass is 16.5. The van der Waals surface area contributed by atoms with E-state index < -0.39 is 0 Å². The molecule has 0 aromatic heterocycles. The number of ether oxygens (including phenoxy) is 1. The molecule has 0 aromatic rings. The number of methoxy groups -OCH3 is 1. The van der Waals surface area contributed by atoms with Gasteiger partial charge >= 0.3 is 0 Å². The van der Waals surface area contributed by atoms with Gasteiger partial charge in [0.05, 0.1) is 12.0 Å². The van der Waals surface area contributed by atoms with Gasteiger partial charge < -0.3 is 4.74 Å². The molecule has 0 aromatic carbocycles. The minimum atomic E-state index is -0.352. The Kier molecular flexibility index (Phi) is 3.25. The van der Waals surface area contributed by atoms with Crippen molar-refractivity contribution in [3.8, 4) is 0 Å². The third kappa shape index (κ3) is 1.97. The summed E-state index contributed by atoms with van der Waals surface area (Å²) in [7, 11) is 1.63. The van der Waals surface area contributed by atoms with Crippen LogP contribution >= 0.6 is 0 Å². The molecule has 1 saturated carbocycles. The van der Waals surface area contributed by atoms with E-state index in [1.165, 1.54) is 17.7 Å². The van der Waals surface area contributed by atoms with Crippen LogP contribution in [0.15, 0.2) is 23.8 Å². The molecular formula is C18H24O3. The maximum atomic E-state index is 12.6. The minimum absolute atomic E-state index is 0.0337. The molecule has 21 heavy (non-hydrogen) atoms. The number of fused-ring (bicyclic) bond motifs is 3. The molecular weight excluding hydrogens is 264 g/mol. The van der Waals surface area contributed by atoms with E-state index in [0.29, 0.717) is 0 Å². The first kappa shape index (κ1) is 14.7. The highest BCUT2D eigenvalue weighted by molar-refractivity contribution is 6.08. The molecule has 1 fully saturated rings. The smallest absolute Gasteiger partial charge is 0.162 e. The summed E-state index contributed by atoms with van der Waals surface area (Å²) in [5.74, 6) is -0.492. The largest absolute Gasteiger partial charge is 0.377 e. The van der Waals surface area contributed by atoms with Crippen LogP contribution in [0.4, 0.5) is 0 Å². The second kappa shape index (κ2) is 4.64. The van der Waals surface area contributed by atoms with Gasteiger partial charge in [0.1, 0.15) is 0 Å². The van der Waals surface area contributed by atoms with E-state index in [0.717, 1.165) is 19.3 Å². The van der Waals surface area contributed by atoms with Gasteiger partial charge in [-0.3, -0.25) is 9.59 Å². The van der Waals surface area contributed by atoms with E-state index in [4.69, 9.17) is 4.74 Å². The molecule has 0 radical (unpaired) electrons. The van der Waals surface area contributed by atoms with Gasteiger partial charge in [0, 0.05) is 13.0 Å². The van der Waals surface area contributed by atoms with Crippen molar-refractivity contribution in [3.63, 3.8) is 0 Å². The van der Waals surface area contributed by atoms with Crippen LogP contribution in [0.2, 0.25) is 0 Å². The molecule has 4 atom stereocenters. The van der Waals surface area contributed by atoms with Gasteiger partial charge in [-0.2, -0.15) is 0 Å². The van der Waals surface area contributed by atoms with Crippen LogP contribution in [0.3, 0.4) is 0 Å². The molecule has 0 heterocycles. The van der Waals surface area contributed by atoms with Crippen LogP contribution in [-0.2, 0) is 14.3 Å². The number of carbonyl (C=O) groups excluding carboxylic acids is 2. The first-order chi connectivity index (χ1) is 9.81. The van der Waals surface area contributed by atoms with E-state index in [-0.39, 0.29) is 40.3 Å². The highest BCUT2D eigenvalue weighted by Crippen LogP contribution is 2.59. The molecule has 114 valence electrons. The topological polar surface area (TPSA) is 43.4 Å². The predicted octanol–water partition coefficient (Wildman–Crippen LogP) is 3.10. The molecule has 3 aliphatic rings. The molecule has 3 rings (SSSR count). The van der Waals surface area contributed by atoms with Crippen LogP contribution < -0.4 is 0 Å². The maximum absolute atomic E-state index is 12.6. The molecule has 0 spiro atoms. The fraction of sp³-hybridized carbons (Fsp3) is 0.667. The van der Waals surface area contributed by atoms with Crippen molar-refractivity contribution in [3.05, 3.63) is 23.8 Å². The number of hydrogen-bond donors (Lipinski definition) is 0. The van der Waals surface area contributed by atoms with Crippen molar-refractivity contribution in [1.29, 1.82) is 0 Å². The summed E-state index contributed by atoms with van der Waals surface area (Å²) in [4.78, 5) is 25.0. The zero-order valence-corrected chi connectivity index (χ0v) is 13.3. The van der Waals surface area contributed by atoms with Gasteiger partial charge in [-0.1, -0.05) is 38.8 Å². The molecule has 0 saturated heterocycles. The van der Waals surface area contributed by atoms with Crippen molar-refractivity contribution in [2.75, 3.05) is 7.11 Å². The second-order valence-electron chi connectivity index (χ2n) is 7.58. The van der Waals surface area contributed by atoms with Crippen LogP contribution in [0.1, 0.15) is 40.0 Å². The minimum Gasteiger partial charge on any atom is -0.377 e. The Balaban J connectivity index is 2.19. The number of carbonyl (C=O) groups is 2. The summed E-state index contributed by atoms with van der Waals surface area (Å²) in [6.07, 6.45) is 7.99. The Labute approximate surface area is 126 Å². The monoisotopic (exact) mass is 288 g/mol. The Bertz CT molecular complexity index is 555. The number of rotatable bonds is 1. The van der Waals surface area contributed by atoms with Crippen LogP contribution in [0.5, 0.6) is 0 Å². The summed E-state index contributed by atoms with van der Waals surface area (Å²) in [5.41, 5.74) is 1.17. The van der Waals surface area contributed by atoms with E-state index in [1.54, 1.807) is 7.11 Å². The van der Waals surface area contributed by atoms with Gasteiger partial charge in [-0.15, -0.1) is 0 Å². The van der Waals surface area contributed by atoms with Crippen LogP contribution in [0.25, 0.3) is 0 Å². The molecule has 3 unspecified atom stereocenters. The number of hydrogen-bond acceptors (Lipinski definition) is 3. The summed E-state index contributed by atoms with van der Waals surface area (Å²) in [5, 5.41) is 0. The van der Waals surface area contributed by atoms with Gasteiger partial charge in [0.15, 0.2) is 11.6 Å². The molecule has 0 aliphatic heterocycles. The van der Waals surface area contributed by atoms with Crippen LogP contribution in [-0.4, -0.2) is 24.8 Å². The van der Waals surface area contributed by atoms with Crippen molar-refractivity contribution in [2.24, 2.45) is 22.7 Å². The first-order valence-corrected chi connectivity index (χ1v) is 7.82. The summed E-state index contributed by atoms with van der Waals surface area (Å²) in [6, 6.07) is 0. The SMILES string of the molecule is CO[C@@H]1C=C2C(C)(C)CCCC2(C)C2C(=O)C=CC(=O)C21. The fourth-order valence-electron chi connectivity index (χ4n) is 4.94. The maximum Gasteiger partial charge on any atom is 0.162 e. The molecule has 0 N–H and O–H groups in total. The fourth-order valence-corrected chi connectivity index (χ4v) is 4.94. The third-order valence-electron chi connectivity index (χ3n) is 5.89. The Hall–Kier alpha value is -1.22. The lowest BCUT2D eigenvalue weighted by Gasteiger charge is -2.55. The van der Waals surface area contributed by atoms with Crippen molar-refractivity contribution >= 4 is 11.6 Å². The quantitative estimate of drug-likeness (QED) is 0.696. The third-order valence-corrected chi connectivity index (χ3v) is 5.89. The van der Waals surface area contributed by atoms with Gasteiger partial charge in [-0.05, 0) is 35.8 Å². The van der Waals surface area contributed by atoms with Crippen molar-refractivity contribution in [2.45, 2.75) is 46.1 Å². The number of ketones is 2. The summed E-state index contributed by atoms with van der Waals surface area (Å²) < 4.78 is 5.58. The lowest BCUT2D eigenvalue weighted by atomic mass is 9.49. The molecule has 0 bridgehead atoms. The van der Waals surface area contributed by atoms with E-state index in [9.17, 15) is 9.59 Å². The normalized spacial score (nSPS) is 41.3. The van der Waals surface area contributed by atoms with E-state index in [1.807, 2.05) is 0 Å². The van der Waals surface area contributed by atoms with E-state index in [2.05, 4.69) is 26.8 Å². The average Bonchev–Trinajstić information content (AvgIpc) is 2.41. The zero-order valence-electron chi connectivity index (χ0n) is 13.3. The second-order valence-corrected chi connectivity index (χ2v) is 7.58. The van der Waals surface area contributed by atoms with E-state index >= 15 is 0 Å². The molecule has 3 aliphatic carbocycles. The molecule has 3 heteroatoms. The number of allylic oxidation sites excluding steroid dienone is 3. The standard InChI is InChI=1S/C18H24O3/c1-17(2)8-5-9-18(3)14(17)10-13(21-4)15-11(19)6-7-12(20)16(15)18/h6-7,10,13,15-16H,5,8-9H2,1-4H3/t13-,15?,16?,18?/m1/s1. The van der Waals surface area contributed by atoms with Crippen LogP contribution in [0, 0.1) is 22.7 Å². The zero-order chi connectivity index (χ0) is 15.4. The lowest BCUT2D eigenvalue weighted by molar-refractivity contribution is -0.140. The van der Waals surface area contributed by atoms with Gasteiger partial charge in [0.2, 0.25) is 0 Å². The molecule has 0 amide bonds. The molecule has 3 nitrogen and oxygen atoms in total. The van der Waals surface area contributed by atoms with Gasteiger partial charge in [0.25, 0.3) is 0 Å². The first-order valence-electron chi connectivity index (χ1n) is 7.82. The summed E-state index contributed by atoms with van der Waals surface area (Å²) >= 11 is 0. The van der Waals surface area contributed by atoms with Crippen molar-refractivity contribution < 1.29 is 14.3 Å². The summed E-state index contributed by atoms with van der Waals surface area (Å²) in [6.45, 7) is 6.66. The van der Waals surface area contributed by atoms with Gasteiger partial charge in [-0.25, -0.2) is 0 Å². The Morgan fingerprint density at radius 1 is 1.10 bits per heavy atom.